The Bertz CT molecular complexity index is 1140. The summed E-state index contributed by atoms with van der Waals surface area (Å²) in [5, 5.41) is 16.9. The number of nitrogens with zero attached hydrogens (tertiary/aromatic N) is 2. The Morgan fingerprint density at radius 3 is 2.65 bits per heavy atom. The first-order valence-corrected chi connectivity index (χ1v) is 13.4. The van der Waals surface area contributed by atoms with Crippen molar-refractivity contribution in [3.8, 4) is 5.75 Å². The molecule has 180 valence electrons. The SMILES string of the molecule is C=CC1([C@](C)(NCc2ccncc2)[C@H](O)c2ccnc3ccc(OC)cc23)C(CC)C1CCI. The van der Waals surface area contributed by atoms with Gasteiger partial charge in [0.05, 0.1) is 24.3 Å². The molecule has 5 atom stereocenters. The maximum atomic E-state index is 12.2. The largest absolute Gasteiger partial charge is 0.497 e. The molecule has 3 unspecified atom stereocenters. The van der Waals surface area contributed by atoms with Crippen LogP contribution in [-0.2, 0) is 6.54 Å². The molecule has 1 saturated carbocycles. The number of rotatable bonds is 11. The highest BCUT2D eigenvalue weighted by Crippen LogP contribution is 2.70. The van der Waals surface area contributed by atoms with Crippen molar-refractivity contribution in [3.63, 3.8) is 0 Å². The number of halogens is 1. The zero-order valence-corrected chi connectivity index (χ0v) is 22.3. The van der Waals surface area contributed by atoms with Gasteiger partial charge in [-0.15, -0.1) is 6.58 Å². The van der Waals surface area contributed by atoms with Crippen molar-refractivity contribution < 1.29 is 9.84 Å². The molecular formula is C28H34IN3O2. The number of aliphatic hydroxyl groups is 1. The Kier molecular flexibility index (Phi) is 7.60. The summed E-state index contributed by atoms with van der Waals surface area (Å²) in [6.45, 7) is 9.36. The number of methoxy groups -OCH3 is 1. The predicted octanol–water partition coefficient (Wildman–Crippen LogP) is 5.87. The van der Waals surface area contributed by atoms with Gasteiger partial charge in [0.15, 0.2) is 0 Å². The molecule has 0 aliphatic heterocycles. The van der Waals surface area contributed by atoms with Crippen molar-refractivity contribution in [3.05, 3.63) is 78.8 Å². The molecule has 0 spiro atoms. The fourth-order valence-electron chi connectivity index (χ4n) is 6.12. The van der Waals surface area contributed by atoms with Crippen LogP contribution in [0.25, 0.3) is 10.9 Å². The molecular weight excluding hydrogens is 537 g/mol. The number of hydrogen-bond donors (Lipinski definition) is 2. The summed E-state index contributed by atoms with van der Waals surface area (Å²) in [5.41, 5.74) is 1.95. The van der Waals surface area contributed by atoms with E-state index in [0.717, 1.165) is 45.0 Å². The van der Waals surface area contributed by atoms with Crippen molar-refractivity contribution in [2.24, 2.45) is 17.3 Å². The lowest BCUT2D eigenvalue weighted by Crippen LogP contribution is -2.55. The van der Waals surface area contributed by atoms with E-state index < -0.39 is 11.6 Å². The Balaban J connectivity index is 1.83. The van der Waals surface area contributed by atoms with Crippen molar-refractivity contribution in [1.82, 2.24) is 15.3 Å². The van der Waals surface area contributed by atoms with Gasteiger partial charge < -0.3 is 15.2 Å². The van der Waals surface area contributed by atoms with Crippen LogP contribution in [0.3, 0.4) is 0 Å². The van der Waals surface area contributed by atoms with Crippen molar-refractivity contribution in [1.29, 1.82) is 0 Å². The van der Waals surface area contributed by atoms with E-state index in [9.17, 15) is 5.11 Å². The number of aliphatic hydroxyl groups excluding tert-OH is 1. The summed E-state index contributed by atoms with van der Waals surface area (Å²) in [6, 6.07) is 11.8. The Morgan fingerprint density at radius 1 is 1.24 bits per heavy atom. The second-order valence-corrected chi connectivity index (χ2v) is 10.4. The molecule has 5 nitrogen and oxygen atoms in total. The van der Waals surface area contributed by atoms with Gasteiger partial charge in [-0.05, 0) is 77.1 Å². The molecule has 0 radical (unpaired) electrons. The average molecular weight is 572 g/mol. The van der Waals surface area contributed by atoms with Crippen LogP contribution in [0, 0.1) is 17.3 Å². The number of nitrogens with one attached hydrogen (secondary N) is 1. The molecule has 6 heteroatoms. The first kappa shape index (κ1) is 25.1. The molecule has 1 fully saturated rings. The van der Waals surface area contributed by atoms with Crippen LogP contribution in [0.5, 0.6) is 5.75 Å². The molecule has 4 rings (SSSR count). The number of fused-ring (bicyclic) bond motifs is 1. The van der Waals surface area contributed by atoms with Crippen molar-refractivity contribution >= 4 is 33.5 Å². The van der Waals surface area contributed by atoms with Crippen molar-refractivity contribution in [2.45, 2.75) is 44.9 Å². The third-order valence-corrected chi connectivity index (χ3v) is 8.56. The van der Waals surface area contributed by atoms with Crippen LogP contribution in [0.1, 0.15) is 43.9 Å². The highest BCUT2D eigenvalue weighted by molar-refractivity contribution is 14.1. The monoisotopic (exact) mass is 571 g/mol. The molecule has 3 aromatic rings. The fourth-order valence-corrected chi connectivity index (χ4v) is 6.79. The molecule has 0 amide bonds. The van der Waals surface area contributed by atoms with Gasteiger partial charge in [-0.25, -0.2) is 0 Å². The molecule has 2 N–H and O–H groups in total. The summed E-state index contributed by atoms with van der Waals surface area (Å²) in [6.07, 6.45) is 8.89. The number of pyridine rings is 2. The minimum absolute atomic E-state index is 0.228. The lowest BCUT2D eigenvalue weighted by Gasteiger charge is -2.44. The Morgan fingerprint density at radius 2 is 2.00 bits per heavy atom. The molecule has 1 aromatic carbocycles. The molecule has 1 aliphatic carbocycles. The Hall–Kier alpha value is -2.03. The maximum absolute atomic E-state index is 12.2. The zero-order valence-electron chi connectivity index (χ0n) is 20.2. The lowest BCUT2D eigenvalue weighted by atomic mass is 9.72. The van der Waals surface area contributed by atoms with E-state index in [4.69, 9.17) is 4.74 Å². The standard InChI is InChI=1S/C28H34IN3O2/c1-5-23-24(9-13-29)28(23,6-2)27(3,32-18-19-10-14-30-15-11-19)26(33)21-12-16-31-25-8-7-20(34-4)17-22(21)25/h6-8,10-12,14-17,23-24,26,32-33H,2,5,9,13,18H2,1,3-4H3/t23?,24?,26-,27-,28?/m1/s1. The maximum Gasteiger partial charge on any atom is 0.119 e. The zero-order chi connectivity index (χ0) is 24.3. The number of ether oxygens (including phenoxy) is 1. The van der Waals surface area contributed by atoms with Crippen LogP contribution in [0.2, 0.25) is 0 Å². The second kappa shape index (κ2) is 10.3. The molecule has 1 aliphatic rings. The van der Waals surface area contributed by atoms with E-state index in [0.29, 0.717) is 18.4 Å². The van der Waals surface area contributed by atoms with Crippen LogP contribution in [0.4, 0.5) is 0 Å². The van der Waals surface area contributed by atoms with Crippen LogP contribution in [-0.4, -0.2) is 32.2 Å². The summed E-state index contributed by atoms with van der Waals surface area (Å²) >= 11 is 2.46. The first-order chi connectivity index (χ1) is 16.5. The summed E-state index contributed by atoms with van der Waals surface area (Å²) in [4.78, 5) is 8.68. The molecule has 0 bridgehead atoms. The molecule has 0 saturated heterocycles. The normalized spacial score (nSPS) is 24.4. The van der Waals surface area contributed by atoms with Gasteiger partial charge in [-0.3, -0.25) is 9.97 Å². The van der Waals surface area contributed by atoms with E-state index in [2.05, 4.69) is 64.4 Å². The van der Waals surface area contributed by atoms with Crippen LogP contribution < -0.4 is 10.1 Å². The van der Waals surface area contributed by atoms with E-state index in [1.165, 1.54) is 0 Å². The van der Waals surface area contributed by atoms with Gasteiger partial charge in [0.1, 0.15) is 5.75 Å². The minimum atomic E-state index is -0.779. The highest BCUT2D eigenvalue weighted by atomic mass is 127. The van der Waals surface area contributed by atoms with Gasteiger partial charge in [0, 0.05) is 35.9 Å². The smallest absolute Gasteiger partial charge is 0.119 e. The van der Waals surface area contributed by atoms with E-state index >= 15 is 0 Å². The number of aromatic nitrogens is 2. The van der Waals surface area contributed by atoms with E-state index in [1.807, 2.05) is 48.8 Å². The average Bonchev–Trinajstić information content (AvgIpc) is 3.54. The molecule has 2 aromatic heterocycles. The van der Waals surface area contributed by atoms with Crippen molar-refractivity contribution in [2.75, 3.05) is 11.5 Å². The lowest BCUT2D eigenvalue weighted by molar-refractivity contribution is 0.0237. The summed E-state index contributed by atoms with van der Waals surface area (Å²) in [7, 11) is 1.66. The molecule has 34 heavy (non-hydrogen) atoms. The third kappa shape index (κ3) is 4.14. The van der Waals surface area contributed by atoms with E-state index in [-0.39, 0.29) is 5.41 Å². The summed E-state index contributed by atoms with van der Waals surface area (Å²) < 4.78 is 6.57. The first-order valence-electron chi connectivity index (χ1n) is 11.9. The quantitative estimate of drug-likeness (QED) is 0.171. The Labute approximate surface area is 216 Å². The number of benzene rings is 1. The second-order valence-electron chi connectivity index (χ2n) is 9.33. The fraction of sp³-hybridized carbons (Fsp3) is 0.429. The topological polar surface area (TPSA) is 67.3 Å². The van der Waals surface area contributed by atoms with Gasteiger partial charge in [-0.1, -0.05) is 42.0 Å². The van der Waals surface area contributed by atoms with Gasteiger partial charge in [0.25, 0.3) is 0 Å². The van der Waals surface area contributed by atoms with Gasteiger partial charge >= 0.3 is 0 Å². The van der Waals surface area contributed by atoms with E-state index in [1.54, 1.807) is 13.3 Å². The van der Waals surface area contributed by atoms with Crippen LogP contribution >= 0.6 is 22.6 Å². The number of hydrogen-bond acceptors (Lipinski definition) is 5. The van der Waals surface area contributed by atoms with Crippen LogP contribution in [0.15, 0.2) is 67.6 Å². The molecule has 2 heterocycles. The predicted molar refractivity (Wildman–Crippen MR) is 146 cm³/mol. The third-order valence-electron chi connectivity index (χ3n) is 7.93. The highest BCUT2D eigenvalue weighted by Gasteiger charge is 2.70. The van der Waals surface area contributed by atoms with Gasteiger partial charge in [0.2, 0.25) is 0 Å². The van der Waals surface area contributed by atoms with Gasteiger partial charge in [-0.2, -0.15) is 0 Å². The number of alkyl halides is 1. The minimum Gasteiger partial charge on any atom is -0.497 e. The summed E-state index contributed by atoms with van der Waals surface area (Å²) in [5.74, 6) is 1.69.